The number of aromatic nitrogens is 2. The summed E-state index contributed by atoms with van der Waals surface area (Å²) in [5, 5.41) is -0.154. The molecule has 1 N–H and O–H groups in total. The lowest BCUT2D eigenvalue weighted by molar-refractivity contribution is -0.136. The van der Waals surface area contributed by atoms with E-state index in [2.05, 4.69) is 4.98 Å². The number of H-pyrrole nitrogens is 1. The van der Waals surface area contributed by atoms with Crippen LogP contribution < -0.4 is 9.47 Å². The van der Waals surface area contributed by atoms with Gasteiger partial charge in [-0.2, -0.15) is 13.2 Å². The van der Waals surface area contributed by atoms with E-state index in [4.69, 9.17) is 19.2 Å². The van der Waals surface area contributed by atoms with Crippen molar-refractivity contribution in [2.45, 2.75) is 39.3 Å². The summed E-state index contributed by atoms with van der Waals surface area (Å²) in [6.45, 7) is 2.01. The number of hydrogen-bond donors (Lipinski definition) is 1. The molecule has 0 aliphatic carbocycles. The van der Waals surface area contributed by atoms with Gasteiger partial charge in [0.25, 0.3) is 0 Å². The van der Waals surface area contributed by atoms with Crippen LogP contribution in [0, 0.1) is 0 Å². The number of aromatic amines is 1. The van der Waals surface area contributed by atoms with Crippen molar-refractivity contribution in [3.8, 4) is 22.9 Å². The van der Waals surface area contributed by atoms with Gasteiger partial charge in [0.15, 0.2) is 11.8 Å². The molecule has 248 valence electrons. The average molecular weight is 665 g/mol. The van der Waals surface area contributed by atoms with Crippen molar-refractivity contribution in [2.24, 2.45) is 0 Å². The van der Waals surface area contributed by atoms with Crippen molar-refractivity contribution in [3.63, 3.8) is 0 Å². The first kappa shape index (κ1) is 33.0. The van der Waals surface area contributed by atoms with Crippen molar-refractivity contribution in [1.29, 1.82) is 0 Å². The third-order valence-corrected chi connectivity index (χ3v) is 7.93. The molecule has 2 heterocycles. The van der Waals surface area contributed by atoms with Crippen LogP contribution in [0.4, 0.5) is 13.2 Å². The number of alkyl halides is 3. The molecule has 4 aromatic carbocycles. The Labute approximate surface area is 280 Å². The van der Waals surface area contributed by atoms with E-state index in [9.17, 15) is 22.8 Å². The van der Waals surface area contributed by atoms with Crippen molar-refractivity contribution < 1.29 is 37.0 Å². The van der Waals surface area contributed by atoms with E-state index < -0.39 is 23.4 Å². The quantitative estimate of drug-likeness (QED) is 0.104. The van der Waals surface area contributed by atoms with Gasteiger partial charge in [-0.05, 0) is 29.2 Å². The highest BCUT2D eigenvalue weighted by Gasteiger charge is 2.37. The zero-order valence-electron chi connectivity index (χ0n) is 26.4. The van der Waals surface area contributed by atoms with Gasteiger partial charge in [0.05, 0.1) is 17.0 Å². The lowest BCUT2D eigenvalue weighted by atomic mass is 9.98. The summed E-state index contributed by atoms with van der Waals surface area (Å²) in [5.41, 5.74) is 2.20. The number of nitrogens with one attached hydrogen (secondary N) is 1. The molecule has 0 spiro atoms. The number of rotatable bonds is 12. The summed E-state index contributed by atoms with van der Waals surface area (Å²) in [6, 6.07) is 32.2. The molecule has 7 nitrogen and oxygen atoms in total. The fraction of sp³-hybridized carbons (Fsp3) is 0.154. The summed E-state index contributed by atoms with van der Waals surface area (Å²) in [5.74, 6) is -0.587. The highest BCUT2D eigenvalue weighted by molar-refractivity contribution is 5.98. The molecule has 0 unspecified atom stereocenters. The van der Waals surface area contributed by atoms with E-state index >= 15 is 0 Å². The summed E-state index contributed by atoms with van der Waals surface area (Å²) < 4.78 is 60.2. The van der Waals surface area contributed by atoms with Crippen LogP contribution in [0.1, 0.15) is 55.6 Å². The average Bonchev–Trinajstić information content (AvgIpc) is 3.52. The van der Waals surface area contributed by atoms with Crippen molar-refractivity contribution in [3.05, 3.63) is 148 Å². The minimum Gasteiger partial charge on any atom is -0.487 e. The normalized spacial score (nSPS) is 11.3. The van der Waals surface area contributed by atoms with E-state index in [0.29, 0.717) is 23.2 Å². The maximum atomic E-state index is 14.0. The van der Waals surface area contributed by atoms with Gasteiger partial charge in [0.1, 0.15) is 25.6 Å². The molecule has 49 heavy (non-hydrogen) atoms. The number of carbonyl (C=O) groups is 2. The second-order valence-corrected chi connectivity index (χ2v) is 11.2. The molecule has 0 saturated heterocycles. The van der Waals surface area contributed by atoms with Gasteiger partial charge in [-0.15, -0.1) is 0 Å². The molecule has 0 fully saturated rings. The van der Waals surface area contributed by atoms with Crippen LogP contribution in [-0.4, -0.2) is 22.2 Å². The molecule has 2 aromatic heterocycles. The molecule has 0 aliphatic rings. The molecule has 6 aromatic rings. The molecule has 0 radical (unpaired) electrons. The van der Waals surface area contributed by atoms with E-state index in [0.717, 1.165) is 16.7 Å². The minimum atomic E-state index is -4.75. The van der Waals surface area contributed by atoms with Crippen LogP contribution in [0.2, 0.25) is 0 Å². The number of aldehydes is 1. The topological polar surface area (TPSA) is 90.5 Å². The van der Waals surface area contributed by atoms with Crippen molar-refractivity contribution in [2.75, 3.05) is 0 Å². The number of esters is 1. The first-order chi connectivity index (χ1) is 23.8. The zero-order valence-corrected chi connectivity index (χ0v) is 26.4. The SMILES string of the molecule is CCc1c(-c2ccc3c(C(F)(F)F)c(C=O)[nH]c3c2)nc(OCc2ccccc2)c(C(=O)OCc2ccccc2)c1OCc1ccccc1. The minimum absolute atomic E-state index is 0.00746. The van der Waals surface area contributed by atoms with Gasteiger partial charge in [0, 0.05) is 22.0 Å². The lowest BCUT2D eigenvalue weighted by Crippen LogP contribution is -2.15. The number of nitrogens with zero attached hydrogens (tertiary/aromatic N) is 1. The van der Waals surface area contributed by atoms with Gasteiger partial charge in [-0.1, -0.05) is 110 Å². The number of halogens is 3. The van der Waals surface area contributed by atoms with Gasteiger partial charge in [-0.3, -0.25) is 4.79 Å². The van der Waals surface area contributed by atoms with Crippen LogP contribution in [0.25, 0.3) is 22.2 Å². The molecular weight excluding hydrogens is 633 g/mol. The number of ether oxygens (including phenoxy) is 3. The Morgan fingerprint density at radius 1 is 0.796 bits per heavy atom. The molecule has 0 atom stereocenters. The molecular formula is C39H31F3N2O5. The van der Waals surface area contributed by atoms with Crippen LogP contribution >= 0.6 is 0 Å². The van der Waals surface area contributed by atoms with Gasteiger partial charge >= 0.3 is 12.1 Å². The van der Waals surface area contributed by atoms with E-state index in [1.807, 2.05) is 97.9 Å². The monoisotopic (exact) mass is 664 g/mol. The fourth-order valence-corrected chi connectivity index (χ4v) is 5.60. The number of benzene rings is 4. The molecule has 0 aliphatic heterocycles. The van der Waals surface area contributed by atoms with Gasteiger partial charge in [-0.25, -0.2) is 9.78 Å². The summed E-state index contributed by atoms with van der Waals surface area (Å²) >= 11 is 0. The van der Waals surface area contributed by atoms with Gasteiger partial charge in [0.2, 0.25) is 5.88 Å². The first-order valence-electron chi connectivity index (χ1n) is 15.6. The van der Waals surface area contributed by atoms with Crippen LogP contribution in [0.3, 0.4) is 0 Å². The Morgan fingerprint density at radius 2 is 1.37 bits per heavy atom. The lowest BCUT2D eigenvalue weighted by Gasteiger charge is -2.21. The summed E-state index contributed by atoms with van der Waals surface area (Å²) in [6.07, 6.45) is -4.26. The second kappa shape index (κ2) is 14.5. The van der Waals surface area contributed by atoms with Crippen LogP contribution in [-0.2, 0) is 37.2 Å². The zero-order chi connectivity index (χ0) is 34.4. The molecule has 0 bridgehead atoms. The first-order valence-corrected chi connectivity index (χ1v) is 15.6. The highest BCUT2D eigenvalue weighted by atomic mass is 19.4. The number of carbonyl (C=O) groups excluding carboxylic acids is 2. The predicted molar refractivity (Wildman–Crippen MR) is 178 cm³/mol. The highest BCUT2D eigenvalue weighted by Crippen LogP contribution is 2.42. The Hall–Kier alpha value is -5.90. The van der Waals surface area contributed by atoms with Gasteiger partial charge < -0.3 is 19.2 Å². The fourth-order valence-electron chi connectivity index (χ4n) is 5.60. The molecule has 10 heteroatoms. The van der Waals surface area contributed by atoms with Crippen molar-refractivity contribution >= 4 is 23.2 Å². The second-order valence-electron chi connectivity index (χ2n) is 11.2. The standard InChI is InChI=1S/C39H31F3N2O5/c1-2-29-35(28-18-19-30-31(20-28)43-32(21-45)34(30)39(40,41)42)44-37(48-23-26-14-8-4-9-15-26)33(36(29)47-22-25-12-6-3-7-13-25)38(46)49-24-27-16-10-5-11-17-27/h3-21,43H,2,22-24H2,1H3. The third kappa shape index (κ3) is 7.33. The maximum Gasteiger partial charge on any atom is 0.419 e. The smallest absolute Gasteiger partial charge is 0.419 e. The Balaban J connectivity index is 1.52. The predicted octanol–water partition coefficient (Wildman–Crippen LogP) is 9.14. The van der Waals surface area contributed by atoms with Crippen LogP contribution in [0.5, 0.6) is 11.6 Å². The van der Waals surface area contributed by atoms with Crippen molar-refractivity contribution in [1.82, 2.24) is 9.97 Å². The largest absolute Gasteiger partial charge is 0.487 e. The third-order valence-electron chi connectivity index (χ3n) is 7.93. The molecule has 6 rings (SSSR count). The van der Waals surface area contributed by atoms with E-state index in [1.54, 1.807) is 0 Å². The molecule has 0 amide bonds. The summed E-state index contributed by atoms with van der Waals surface area (Å²) in [7, 11) is 0. The maximum absolute atomic E-state index is 14.0. The van der Waals surface area contributed by atoms with E-state index in [1.165, 1.54) is 18.2 Å². The van der Waals surface area contributed by atoms with Crippen LogP contribution in [0.15, 0.2) is 109 Å². The van der Waals surface area contributed by atoms with E-state index in [-0.39, 0.29) is 54.2 Å². The Kier molecular flexibility index (Phi) is 9.75. The Bertz CT molecular complexity index is 2080. The number of fused-ring (bicyclic) bond motifs is 1. The number of pyridine rings is 1. The molecule has 0 saturated carbocycles. The Morgan fingerprint density at radius 3 is 1.92 bits per heavy atom. The number of hydrogen-bond acceptors (Lipinski definition) is 6. The summed E-state index contributed by atoms with van der Waals surface area (Å²) in [4.78, 5) is 33.0.